The summed E-state index contributed by atoms with van der Waals surface area (Å²) in [6.45, 7) is 1.22. The number of halogens is 2. The average Bonchev–Trinajstić information content (AvgIpc) is 3.08. The third-order valence-corrected chi connectivity index (χ3v) is 5.28. The number of nitrogens with zero attached hydrogens (tertiary/aromatic N) is 4. The van der Waals surface area contributed by atoms with Crippen LogP contribution in [0.15, 0.2) is 42.6 Å². The quantitative estimate of drug-likeness (QED) is 0.644. The van der Waals surface area contributed by atoms with Gasteiger partial charge in [0.2, 0.25) is 5.91 Å². The van der Waals surface area contributed by atoms with Crippen LogP contribution < -0.4 is 5.73 Å². The number of hydrogen-bond acceptors (Lipinski definition) is 4. The Morgan fingerprint density at radius 1 is 1.14 bits per heavy atom. The number of primary amides is 1. The lowest BCUT2D eigenvalue weighted by molar-refractivity contribution is -0.132. The van der Waals surface area contributed by atoms with Gasteiger partial charge in [-0.25, -0.2) is 4.98 Å². The summed E-state index contributed by atoms with van der Waals surface area (Å²) in [7, 11) is 0. The van der Waals surface area contributed by atoms with Gasteiger partial charge >= 0.3 is 0 Å². The molecule has 0 radical (unpaired) electrons. The molecule has 1 aliphatic heterocycles. The van der Waals surface area contributed by atoms with Crippen LogP contribution in [0.1, 0.15) is 21.6 Å². The van der Waals surface area contributed by atoms with Crippen molar-refractivity contribution < 1.29 is 9.59 Å². The number of amides is 2. The average molecular weight is 430 g/mol. The minimum atomic E-state index is -0.586. The molecule has 29 heavy (non-hydrogen) atoms. The van der Waals surface area contributed by atoms with Gasteiger partial charge in [-0.3, -0.25) is 14.3 Å². The first kappa shape index (κ1) is 19.4. The van der Waals surface area contributed by atoms with Crippen LogP contribution in [-0.2, 0) is 24.3 Å². The first-order chi connectivity index (χ1) is 13.9. The molecule has 0 spiro atoms. The smallest absolute Gasteiger partial charge is 0.252 e. The van der Waals surface area contributed by atoms with E-state index in [0.29, 0.717) is 45.8 Å². The molecule has 0 unspecified atom stereocenters. The highest BCUT2D eigenvalue weighted by Crippen LogP contribution is 2.29. The van der Waals surface area contributed by atoms with Gasteiger partial charge in [-0.1, -0.05) is 41.4 Å². The maximum Gasteiger partial charge on any atom is 0.252 e. The van der Waals surface area contributed by atoms with Crippen LogP contribution in [0.4, 0.5) is 0 Å². The summed E-state index contributed by atoms with van der Waals surface area (Å²) in [6.07, 6.45) is 1.78. The molecule has 4 rings (SSSR count). The Morgan fingerprint density at radius 2 is 1.97 bits per heavy atom. The highest BCUT2D eigenvalue weighted by molar-refractivity contribution is 6.30. The van der Waals surface area contributed by atoms with Gasteiger partial charge in [0.25, 0.3) is 5.91 Å². The van der Waals surface area contributed by atoms with Gasteiger partial charge in [-0.15, -0.1) is 0 Å². The predicted molar refractivity (Wildman–Crippen MR) is 110 cm³/mol. The number of nitrogens with two attached hydrogens (primary N) is 1. The van der Waals surface area contributed by atoms with Gasteiger partial charge in [0.1, 0.15) is 10.8 Å². The van der Waals surface area contributed by atoms with Crippen LogP contribution in [-0.4, -0.2) is 38.0 Å². The molecule has 3 heterocycles. The molecule has 0 bridgehead atoms. The second-order valence-electron chi connectivity index (χ2n) is 6.75. The summed E-state index contributed by atoms with van der Waals surface area (Å²) in [5, 5.41) is 5.48. The number of pyridine rings is 1. The summed E-state index contributed by atoms with van der Waals surface area (Å²) < 4.78 is 1.74. The third kappa shape index (κ3) is 3.97. The number of rotatable bonds is 4. The maximum atomic E-state index is 12.8. The van der Waals surface area contributed by atoms with Crippen LogP contribution in [0, 0.1) is 0 Å². The standard InChI is InChI=1S/C20H17Cl2N5O2/c21-14-3-1-2-13(9-14)19-18(20(23)29)15-11-26(6-7-27(15)25-19)17(28)8-12-4-5-16(22)24-10-12/h1-5,9-10H,6-8,11H2,(H2,23,29). The van der Waals surface area contributed by atoms with Crippen molar-refractivity contribution in [1.29, 1.82) is 0 Å². The lowest BCUT2D eigenvalue weighted by Crippen LogP contribution is -2.40. The normalized spacial score (nSPS) is 13.2. The molecule has 0 atom stereocenters. The molecule has 1 aliphatic rings. The number of fused-ring (bicyclic) bond motifs is 1. The zero-order valence-electron chi connectivity index (χ0n) is 15.3. The van der Waals surface area contributed by atoms with Crippen molar-refractivity contribution in [3.8, 4) is 11.3 Å². The third-order valence-electron chi connectivity index (χ3n) is 4.82. The Morgan fingerprint density at radius 3 is 2.66 bits per heavy atom. The van der Waals surface area contributed by atoms with Gasteiger partial charge in [0, 0.05) is 23.3 Å². The second kappa shape index (κ2) is 7.85. The number of carbonyl (C=O) groups is 2. The molecule has 0 fully saturated rings. The van der Waals surface area contributed by atoms with Crippen molar-refractivity contribution in [2.75, 3.05) is 6.54 Å². The van der Waals surface area contributed by atoms with E-state index in [1.165, 1.54) is 0 Å². The van der Waals surface area contributed by atoms with Crippen LogP contribution in [0.3, 0.4) is 0 Å². The Balaban J connectivity index is 1.62. The van der Waals surface area contributed by atoms with E-state index in [4.69, 9.17) is 28.9 Å². The van der Waals surface area contributed by atoms with Crippen molar-refractivity contribution in [1.82, 2.24) is 19.7 Å². The molecule has 1 aromatic carbocycles. The molecular formula is C20H17Cl2N5O2. The molecule has 7 nitrogen and oxygen atoms in total. The van der Waals surface area contributed by atoms with Gasteiger partial charge in [-0.05, 0) is 23.8 Å². The Bertz CT molecular complexity index is 1090. The van der Waals surface area contributed by atoms with E-state index in [0.717, 1.165) is 5.56 Å². The zero-order chi connectivity index (χ0) is 20.5. The van der Waals surface area contributed by atoms with E-state index in [9.17, 15) is 9.59 Å². The molecular weight excluding hydrogens is 413 g/mol. The van der Waals surface area contributed by atoms with Gasteiger partial charge in [0.15, 0.2) is 0 Å². The van der Waals surface area contributed by atoms with Crippen molar-refractivity contribution in [2.24, 2.45) is 5.73 Å². The highest BCUT2D eigenvalue weighted by atomic mass is 35.5. The Labute approximate surface area is 177 Å². The lowest BCUT2D eigenvalue weighted by Gasteiger charge is -2.28. The van der Waals surface area contributed by atoms with Crippen molar-refractivity contribution in [3.63, 3.8) is 0 Å². The van der Waals surface area contributed by atoms with E-state index in [1.54, 1.807) is 46.1 Å². The van der Waals surface area contributed by atoms with Crippen molar-refractivity contribution in [2.45, 2.75) is 19.5 Å². The van der Waals surface area contributed by atoms with Crippen LogP contribution in [0.5, 0.6) is 0 Å². The van der Waals surface area contributed by atoms with E-state index < -0.39 is 5.91 Å². The summed E-state index contributed by atoms with van der Waals surface area (Å²) in [5.41, 5.74) is 8.57. The fraction of sp³-hybridized carbons (Fsp3) is 0.200. The van der Waals surface area contributed by atoms with E-state index >= 15 is 0 Å². The molecule has 2 aromatic heterocycles. The molecule has 148 valence electrons. The van der Waals surface area contributed by atoms with Gasteiger partial charge in [-0.2, -0.15) is 5.10 Å². The molecule has 9 heteroatoms. The summed E-state index contributed by atoms with van der Waals surface area (Å²) in [5.74, 6) is -0.654. The predicted octanol–water partition coefficient (Wildman–Crippen LogP) is 2.94. The van der Waals surface area contributed by atoms with E-state index in [2.05, 4.69) is 10.1 Å². The molecule has 2 N–H and O–H groups in total. The fourth-order valence-electron chi connectivity index (χ4n) is 3.42. The number of aromatic nitrogens is 3. The van der Waals surface area contributed by atoms with Crippen molar-refractivity contribution in [3.05, 3.63) is 69.6 Å². The van der Waals surface area contributed by atoms with Gasteiger partial charge in [0.05, 0.1) is 30.8 Å². The van der Waals surface area contributed by atoms with Crippen LogP contribution in [0.25, 0.3) is 11.3 Å². The number of benzene rings is 1. The largest absolute Gasteiger partial charge is 0.365 e. The molecule has 3 aromatic rings. The molecule has 0 saturated carbocycles. The summed E-state index contributed by atoms with van der Waals surface area (Å²) in [6, 6.07) is 10.5. The molecule has 0 saturated heterocycles. The van der Waals surface area contributed by atoms with Crippen LogP contribution in [0.2, 0.25) is 10.2 Å². The minimum absolute atomic E-state index is 0.0682. The summed E-state index contributed by atoms with van der Waals surface area (Å²) >= 11 is 11.9. The second-order valence-corrected chi connectivity index (χ2v) is 7.57. The first-order valence-electron chi connectivity index (χ1n) is 8.96. The Kier molecular flexibility index (Phi) is 5.25. The minimum Gasteiger partial charge on any atom is -0.365 e. The van der Waals surface area contributed by atoms with Gasteiger partial charge < -0.3 is 10.6 Å². The Hall–Kier alpha value is -2.90. The fourth-order valence-corrected chi connectivity index (χ4v) is 3.73. The topological polar surface area (TPSA) is 94.1 Å². The monoisotopic (exact) mass is 429 g/mol. The first-order valence-corrected chi connectivity index (χ1v) is 9.71. The van der Waals surface area contributed by atoms with E-state index in [-0.39, 0.29) is 18.9 Å². The highest BCUT2D eigenvalue weighted by Gasteiger charge is 2.29. The van der Waals surface area contributed by atoms with E-state index in [1.807, 2.05) is 6.07 Å². The number of carbonyl (C=O) groups excluding carboxylic acids is 2. The zero-order valence-corrected chi connectivity index (χ0v) is 16.8. The SMILES string of the molecule is NC(=O)c1c(-c2cccc(Cl)c2)nn2c1CN(C(=O)Cc1ccc(Cl)nc1)CC2. The maximum absolute atomic E-state index is 12.8. The lowest BCUT2D eigenvalue weighted by atomic mass is 10.0. The molecule has 0 aliphatic carbocycles. The molecule has 2 amide bonds. The summed E-state index contributed by atoms with van der Waals surface area (Å²) in [4.78, 5) is 30.7. The number of hydrogen-bond donors (Lipinski definition) is 1. The van der Waals surface area contributed by atoms with Crippen molar-refractivity contribution >= 4 is 35.0 Å². The van der Waals surface area contributed by atoms with Crippen LogP contribution >= 0.6 is 23.2 Å².